The van der Waals surface area contributed by atoms with E-state index in [1.165, 1.54) is 12.1 Å². The molecule has 0 aliphatic carbocycles. The first kappa shape index (κ1) is 19.6. The number of carbonyl (C=O) groups is 2. The highest BCUT2D eigenvalue weighted by molar-refractivity contribution is 5.99. The van der Waals surface area contributed by atoms with E-state index in [-0.39, 0.29) is 16.7 Å². The third-order valence-corrected chi connectivity index (χ3v) is 4.12. The van der Waals surface area contributed by atoms with Gasteiger partial charge in [-0.3, -0.25) is 0 Å². The maximum atomic E-state index is 13.1. The first-order chi connectivity index (χ1) is 12.1. The zero-order valence-electron chi connectivity index (χ0n) is 14.7. The number of hydrogen-bond acceptors (Lipinski definition) is 5. The summed E-state index contributed by atoms with van der Waals surface area (Å²) in [5.41, 5.74) is 0.155. The molecule has 1 N–H and O–H groups in total. The number of carbonyl (C=O) groups excluding carboxylic acids is 2. The van der Waals surface area contributed by atoms with Gasteiger partial charge in [-0.05, 0) is 25.5 Å². The van der Waals surface area contributed by atoms with Crippen molar-refractivity contribution < 1.29 is 32.2 Å². The predicted octanol–water partition coefficient (Wildman–Crippen LogP) is 3.29. The van der Waals surface area contributed by atoms with Crippen molar-refractivity contribution in [3.05, 3.63) is 57.9 Å². The van der Waals surface area contributed by atoms with E-state index in [0.29, 0.717) is 11.4 Å². The van der Waals surface area contributed by atoms with Gasteiger partial charge in [0.2, 0.25) is 0 Å². The lowest BCUT2D eigenvalue weighted by Crippen LogP contribution is -2.32. The van der Waals surface area contributed by atoms with E-state index in [4.69, 9.17) is 9.47 Å². The maximum Gasteiger partial charge on any atom is 0.416 e. The van der Waals surface area contributed by atoms with Gasteiger partial charge in [0.05, 0.1) is 36.8 Å². The number of hydrogen-bond donors (Lipinski definition) is 1. The van der Waals surface area contributed by atoms with E-state index < -0.39 is 29.6 Å². The zero-order valence-corrected chi connectivity index (χ0v) is 14.7. The molecule has 0 amide bonds. The molecule has 8 heteroatoms. The quantitative estimate of drug-likeness (QED) is 0.829. The SMILES string of the molecule is COC(=O)C1=C(C)NC(C)=C(C(=O)OC)C1c1cccc(C(F)(F)F)c1. The second kappa shape index (κ2) is 7.23. The number of ether oxygens (including phenoxy) is 2. The van der Waals surface area contributed by atoms with Crippen LogP contribution in [0.15, 0.2) is 46.8 Å². The number of benzene rings is 1. The number of halogens is 3. The average molecular weight is 369 g/mol. The summed E-state index contributed by atoms with van der Waals surface area (Å²) >= 11 is 0. The lowest BCUT2D eigenvalue weighted by atomic mass is 9.80. The molecular weight excluding hydrogens is 351 g/mol. The molecule has 0 saturated carbocycles. The number of rotatable bonds is 3. The lowest BCUT2D eigenvalue weighted by Gasteiger charge is -2.30. The van der Waals surface area contributed by atoms with Crippen molar-refractivity contribution >= 4 is 11.9 Å². The standard InChI is InChI=1S/C18H18F3NO4/c1-9-13(16(23)25-3)15(14(10(2)22-9)17(24)26-4)11-6-5-7-12(8-11)18(19,20)21/h5-8,15,22H,1-4H3. The molecule has 2 rings (SSSR count). The predicted molar refractivity (Wildman–Crippen MR) is 86.8 cm³/mol. The largest absolute Gasteiger partial charge is 0.466 e. The molecule has 0 bridgehead atoms. The molecule has 1 heterocycles. The Hall–Kier alpha value is -2.77. The van der Waals surface area contributed by atoms with Crippen LogP contribution in [0.4, 0.5) is 13.2 Å². The van der Waals surface area contributed by atoms with Gasteiger partial charge >= 0.3 is 18.1 Å². The minimum atomic E-state index is -4.56. The van der Waals surface area contributed by atoms with Crippen LogP contribution in [0.5, 0.6) is 0 Å². The van der Waals surface area contributed by atoms with Gasteiger partial charge in [-0.15, -0.1) is 0 Å². The van der Waals surface area contributed by atoms with E-state index >= 15 is 0 Å². The summed E-state index contributed by atoms with van der Waals surface area (Å²) < 4.78 is 48.9. The van der Waals surface area contributed by atoms with Crippen LogP contribution in [0, 0.1) is 0 Å². The second-order valence-electron chi connectivity index (χ2n) is 5.74. The molecule has 26 heavy (non-hydrogen) atoms. The van der Waals surface area contributed by atoms with Crippen molar-refractivity contribution in [1.29, 1.82) is 0 Å². The third kappa shape index (κ3) is 3.58. The summed E-state index contributed by atoms with van der Waals surface area (Å²) in [4.78, 5) is 24.6. The molecule has 1 aromatic rings. The van der Waals surface area contributed by atoms with Crippen molar-refractivity contribution in [2.24, 2.45) is 0 Å². The van der Waals surface area contributed by atoms with Gasteiger partial charge in [0.1, 0.15) is 0 Å². The Morgan fingerprint density at radius 1 is 1.00 bits per heavy atom. The van der Waals surface area contributed by atoms with Gasteiger partial charge < -0.3 is 14.8 Å². The van der Waals surface area contributed by atoms with E-state index in [1.807, 2.05) is 0 Å². The minimum Gasteiger partial charge on any atom is -0.466 e. The molecule has 1 aromatic carbocycles. The van der Waals surface area contributed by atoms with Gasteiger partial charge in [0.15, 0.2) is 0 Å². The normalized spacial score (nSPS) is 15.7. The number of dihydropyridines is 1. The number of alkyl halides is 3. The summed E-state index contributed by atoms with van der Waals surface area (Å²) in [5.74, 6) is -2.53. The molecule has 140 valence electrons. The Morgan fingerprint density at radius 3 is 1.92 bits per heavy atom. The Balaban J connectivity index is 2.73. The lowest BCUT2D eigenvalue weighted by molar-refractivity contribution is -0.138. The molecule has 5 nitrogen and oxygen atoms in total. The van der Waals surface area contributed by atoms with Crippen LogP contribution in [0.1, 0.15) is 30.9 Å². The summed E-state index contributed by atoms with van der Waals surface area (Å²) in [6.07, 6.45) is -4.56. The Morgan fingerprint density at radius 2 is 1.50 bits per heavy atom. The fraction of sp³-hybridized carbons (Fsp3) is 0.333. The number of esters is 2. The molecule has 0 saturated heterocycles. The van der Waals surface area contributed by atoms with Crippen molar-refractivity contribution in [1.82, 2.24) is 5.32 Å². The first-order valence-electron chi connectivity index (χ1n) is 7.64. The molecule has 0 aromatic heterocycles. The Kier molecular flexibility index (Phi) is 5.44. The van der Waals surface area contributed by atoms with Crippen molar-refractivity contribution in [2.45, 2.75) is 25.9 Å². The molecule has 1 aliphatic rings. The maximum absolute atomic E-state index is 13.1. The van der Waals surface area contributed by atoms with Crippen LogP contribution in [-0.4, -0.2) is 26.2 Å². The van der Waals surface area contributed by atoms with Gasteiger partial charge in [-0.1, -0.05) is 18.2 Å². The van der Waals surface area contributed by atoms with Crippen LogP contribution in [0.2, 0.25) is 0 Å². The molecule has 0 atom stereocenters. The van der Waals surface area contributed by atoms with Crippen LogP contribution in [0.25, 0.3) is 0 Å². The Bertz CT molecular complexity index is 771. The van der Waals surface area contributed by atoms with E-state index in [2.05, 4.69) is 5.32 Å². The van der Waals surface area contributed by atoms with Crippen LogP contribution >= 0.6 is 0 Å². The van der Waals surface area contributed by atoms with Gasteiger partial charge in [0.25, 0.3) is 0 Å². The average Bonchev–Trinajstić information content (AvgIpc) is 2.59. The van der Waals surface area contributed by atoms with Crippen LogP contribution in [-0.2, 0) is 25.2 Å². The smallest absolute Gasteiger partial charge is 0.416 e. The number of allylic oxidation sites excluding steroid dienone is 2. The molecule has 0 radical (unpaired) electrons. The van der Waals surface area contributed by atoms with Gasteiger partial charge in [-0.2, -0.15) is 13.2 Å². The van der Waals surface area contributed by atoms with Crippen molar-refractivity contribution in [3.8, 4) is 0 Å². The third-order valence-electron chi connectivity index (χ3n) is 4.12. The highest BCUT2D eigenvalue weighted by atomic mass is 19.4. The van der Waals surface area contributed by atoms with Crippen molar-refractivity contribution in [2.75, 3.05) is 14.2 Å². The highest BCUT2D eigenvalue weighted by Crippen LogP contribution is 2.40. The highest BCUT2D eigenvalue weighted by Gasteiger charge is 2.39. The van der Waals surface area contributed by atoms with E-state index in [1.54, 1.807) is 13.8 Å². The van der Waals surface area contributed by atoms with Crippen molar-refractivity contribution in [3.63, 3.8) is 0 Å². The molecule has 0 unspecified atom stereocenters. The van der Waals surface area contributed by atoms with Crippen LogP contribution in [0.3, 0.4) is 0 Å². The Labute approximate surface area is 148 Å². The fourth-order valence-electron chi connectivity index (χ4n) is 2.98. The fourth-order valence-corrected chi connectivity index (χ4v) is 2.98. The second-order valence-corrected chi connectivity index (χ2v) is 5.74. The number of methoxy groups -OCH3 is 2. The van der Waals surface area contributed by atoms with Gasteiger partial charge in [-0.25, -0.2) is 9.59 Å². The summed E-state index contributed by atoms with van der Waals surface area (Å²) in [6.45, 7) is 3.18. The minimum absolute atomic E-state index is 0.0535. The van der Waals surface area contributed by atoms with E-state index in [9.17, 15) is 22.8 Å². The monoisotopic (exact) mass is 369 g/mol. The molecular formula is C18H18F3NO4. The number of nitrogens with one attached hydrogen (secondary N) is 1. The molecule has 0 spiro atoms. The summed E-state index contributed by atoms with van der Waals surface area (Å²) in [7, 11) is 2.32. The topological polar surface area (TPSA) is 64.6 Å². The zero-order chi connectivity index (χ0) is 19.6. The summed E-state index contributed by atoms with van der Waals surface area (Å²) in [6, 6.07) is 4.50. The van der Waals surface area contributed by atoms with E-state index in [0.717, 1.165) is 26.4 Å². The van der Waals surface area contributed by atoms with Gasteiger partial charge in [0, 0.05) is 11.4 Å². The first-order valence-corrected chi connectivity index (χ1v) is 7.64. The molecule has 1 aliphatic heterocycles. The molecule has 0 fully saturated rings. The summed E-state index contributed by atoms with van der Waals surface area (Å²) in [5, 5.41) is 2.89. The van der Waals surface area contributed by atoms with Crippen LogP contribution < -0.4 is 5.32 Å².